The number of azide groups is 1. The summed E-state index contributed by atoms with van der Waals surface area (Å²) in [4.78, 5) is 13.2. The van der Waals surface area contributed by atoms with Crippen molar-refractivity contribution in [3.05, 3.63) is 44.8 Å². The molecule has 1 rings (SSSR count). The SMILES string of the molecule is [N-]=[N+]=NCC=Cc1cc(Cl)cc(C=O)c1O. The Morgan fingerprint density at radius 1 is 1.50 bits per heavy atom. The lowest BCUT2D eigenvalue weighted by Crippen LogP contribution is -1.85. The molecule has 0 bridgehead atoms. The highest BCUT2D eigenvalue weighted by Crippen LogP contribution is 2.26. The van der Waals surface area contributed by atoms with Crippen molar-refractivity contribution in [1.29, 1.82) is 0 Å². The van der Waals surface area contributed by atoms with Crippen LogP contribution in [-0.2, 0) is 0 Å². The van der Waals surface area contributed by atoms with E-state index in [9.17, 15) is 9.90 Å². The summed E-state index contributed by atoms with van der Waals surface area (Å²) >= 11 is 5.75. The monoisotopic (exact) mass is 237 g/mol. The summed E-state index contributed by atoms with van der Waals surface area (Å²) in [6.45, 7) is 0.166. The number of carbonyl (C=O) groups is 1. The Morgan fingerprint density at radius 3 is 2.81 bits per heavy atom. The number of aromatic hydroxyl groups is 1. The minimum atomic E-state index is -0.142. The fourth-order valence-corrected chi connectivity index (χ4v) is 1.36. The molecule has 1 aromatic rings. The summed E-state index contributed by atoms with van der Waals surface area (Å²) in [5, 5.41) is 13.3. The van der Waals surface area contributed by atoms with Crippen LogP contribution in [-0.4, -0.2) is 17.9 Å². The Labute approximate surface area is 96.6 Å². The van der Waals surface area contributed by atoms with E-state index in [1.54, 1.807) is 6.08 Å². The molecule has 0 unspecified atom stereocenters. The van der Waals surface area contributed by atoms with E-state index in [0.29, 0.717) is 16.9 Å². The molecule has 0 heterocycles. The molecular formula is C10H8ClN3O2. The number of halogens is 1. The molecule has 16 heavy (non-hydrogen) atoms. The standard InChI is InChI=1S/C10H8ClN3O2/c11-9-4-7(2-1-3-13-14-12)10(16)8(5-9)6-15/h1-2,4-6,16H,3H2. The van der Waals surface area contributed by atoms with Crippen LogP contribution in [0.5, 0.6) is 5.75 Å². The van der Waals surface area contributed by atoms with Gasteiger partial charge in [0.15, 0.2) is 6.29 Å². The third-order valence-corrected chi connectivity index (χ3v) is 2.03. The maximum atomic E-state index is 10.6. The number of phenolic OH excluding ortho intramolecular Hbond substituents is 1. The lowest BCUT2D eigenvalue weighted by atomic mass is 10.1. The van der Waals surface area contributed by atoms with Crippen molar-refractivity contribution in [1.82, 2.24) is 0 Å². The first-order valence-electron chi connectivity index (χ1n) is 4.34. The average Bonchev–Trinajstić information content (AvgIpc) is 2.28. The molecule has 0 aliphatic carbocycles. The first-order chi connectivity index (χ1) is 7.69. The number of hydrogen-bond acceptors (Lipinski definition) is 3. The smallest absolute Gasteiger partial charge is 0.153 e. The Hall–Kier alpha value is -1.97. The van der Waals surface area contributed by atoms with Crippen LogP contribution in [0.4, 0.5) is 0 Å². The molecule has 0 aliphatic heterocycles. The van der Waals surface area contributed by atoms with Gasteiger partial charge >= 0.3 is 0 Å². The van der Waals surface area contributed by atoms with Crippen LogP contribution in [0.15, 0.2) is 23.3 Å². The molecule has 0 aromatic heterocycles. The van der Waals surface area contributed by atoms with E-state index in [2.05, 4.69) is 10.0 Å². The summed E-state index contributed by atoms with van der Waals surface area (Å²) in [6.07, 6.45) is 3.61. The summed E-state index contributed by atoms with van der Waals surface area (Å²) in [5.41, 5.74) is 8.58. The maximum absolute atomic E-state index is 10.6. The molecule has 0 saturated heterocycles. The molecule has 0 radical (unpaired) electrons. The fourth-order valence-electron chi connectivity index (χ4n) is 1.12. The Morgan fingerprint density at radius 2 is 2.19 bits per heavy atom. The summed E-state index contributed by atoms with van der Waals surface area (Å²) in [5.74, 6) is -0.142. The predicted octanol–water partition coefficient (Wildman–Crippen LogP) is 3.18. The van der Waals surface area contributed by atoms with E-state index in [-0.39, 0.29) is 17.9 Å². The van der Waals surface area contributed by atoms with Crippen molar-refractivity contribution < 1.29 is 9.90 Å². The van der Waals surface area contributed by atoms with Gasteiger partial charge in [-0.1, -0.05) is 28.9 Å². The number of benzene rings is 1. The predicted molar refractivity (Wildman–Crippen MR) is 61.6 cm³/mol. The lowest BCUT2D eigenvalue weighted by molar-refractivity contribution is 0.112. The molecule has 0 aliphatic rings. The Balaban J connectivity index is 3.03. The molecule has 0 spiro atoms. The maximum Gasteiger partial charge on any atom is 0.153 e. The van der Waals surface area contributed by atoms with Gasteiger partial charge in [0.25, 0.3) is 0 Å². The van der Waals surface area contributed by atoms with Gasteiger partial charge in [-0.2, -0.15) is 0 Å². The van der Waals surface area contributed by atoms with Crippen molar-refractivity contribution in [2.75, 3.05) is 6.54 Å². The van der Waals surface area contributed by atoms with Crippen LogP contribution in [0.1, 0.15) is 15.9 Å². The van der Waals surface area contributed by atoms with Gasteiger partial charge in [0, 0.05) is 22.0 Å². The zero-order chi connectivity index (χ0) is 12.0. The van der Waals surface area contributed by atoms with Crippen LogP contribution < -0.4 is 0 Å². The van der Waals surface area contributed by atoms with Gasteiger partial charge in [-0.05, 0) is 17.7 Å². The van der Waals surface area contributed by atoms with Crippen molar-refractivity contribution in [2.45, 2.75) is 0 Å². The van der Waals surface area contributed by atoms with Gasteiger partial charge in [0.2, 0.25) is 0 Å². The third kappa shape index (κ3) is 3.02. The Bertz CT molecular complexity index is 479. The fraction of sp³-hybridized carbons (Fsp3) is 0.100. The highest BCUT2D eigenvalue weighted by Gasteiger charge is 2.06. The second kappa shape index (κ2) is 5.80. The molecule has 0 saturated carbocycles. The number of phenols is 1. The van der Waals surface area contributed by atoms with E-state index in [1.165, 1.54) is 18.2 Å². The van der Waals surface area contributed by atoms with Crippen molar-refractivity contribution >= 4 is 24.0 Å². The Kier molecular flexibility index (Phi) is 4.39. The third-order valence-electron chi connectivity index (χ3n) is 1.81. The number of carbonyl (C=O) groups excluding carboxylic acids is 1. The molecule has 6 heteroatoms. The summed E-state index contributed by atoms with van der Waals surface area (Å²) in [7, 11) is 0. The molecule has 82 valence electrons. The van der Waals surface area contributed by atoms with E-state index < -0.39 is 0 Å². The van der Waals surface area contributed by atoms with E-state index >= 15 is 0 Å². The van der Waals surface area contributed by atoms with E-state index in [4.69, 9.17) is 17.1 Å². The van der Waals surface area contributed by atoms with Crippen LogP contribution in [0.2, 0.25) is 5.02 Å². The number of aldehydes is 1. The molecular weight excluding hydrogens is 230 g/mol. The topological polar surface area (TPSA) is 86.1 Å². The zero-order valence-electron chi connectivity index (χ0n) is 8.17. The van der Waals surface area contributed by atoms with Gasteiger partial charge in [0.05, 0.1) is 5.56 Å². The van der Waals surface area contributed by atoms with Gasteiger partial charge < -0.3 is 5.11 Å². The molecule has 5 nitrogen and oxygen atoms in total. The van der Waals surface area contributed by atoms with Crippen LogP contribution in [0.3, 0.4) is 0 Å². The van der Waals surface area contributed by atoms with Crippen molar-refractivity contribution in [3.63, 3.8) is 0 Å². The van der Waals surface area contributed by atoms with Crippen LogP contribution >= 0.6 is 11.6 Å². The minimum absolute atomic E-state index is 0.121. The van der Waals surface area contributed by atoms with E-state index in [0.717, 1.165) is 0 Å². The highest BCUT2D eigenvalue weighted by molar-refractivity contribution is 6.31. The average molecular weight is 238 g/mol. The van der Waals surface area contributed by atoms with Crippen molar-refractivity contribution in [2.24, 2.45) is 5.11 Å². The first kappa shape index (κ1) is 12.1. The quantitative estimate of drug-likeness (QED) is 0.377. The van der Waals surface area contributed by atoms with Crippen molar-refractivity contribution in [3.8, 4) is 5.75 Å². The molecule has 0 amide bonds. The first-order valence-corrected chi connectivity index (χ1v) is 4.72. The highest BCUT2D eigenvalue weighted by atomic mass is 35.5. The van der Waals surface area contributed by atoms with E-state index in [1.807, 2.05) is 0 Å². The molecule has 1 aromatic carbocycles. The zero-order valence-corrected chi connectivity index (χ0v) is 8.92. The van der Waals surface area contributed by atoms with Crippen LogP contribution in [0, 0.1) is 0 Å². The molecule has 0 fully saturated rings. The summed E-state index contributed by atoms with van der Waals surface area (Å²) < 4.78 is 0. The number of nitrogens with zero attached hydrogens (tertiary/aromatic N) is 3. The largest absolute Gasteiger partial charge is 0.507 e. The lowest BCUT2D eigenvalue weighted by Gasteiger charge is -2.02. The molecule has 1 N–H and O–H groups in total. The second-order valence-electron chi connectivity index (χ2n) is 2.87. The van der Waals surface area contributed by atoms with Crippen LogP contribution in [0.25, 0.3) is 16.5 Å². The second-order valence-corrected chi connectivity index (χ2v) is 3.30. The van der Waals surface area contributed by atoms with Gasteiger partial charge in [-0.15, -0.1) is 0 Å². The van der Waals surface area contributed by atoms with Gasteiger partial charge in [-0.25, -0.2) is 0 Å². The van der Waals surface area contributed by atoms with Gasteiger partial charge in [0.1, 0.15) is 5.75 Å². The van der Waals surface area contributed by atoms with Gasteiger partial charge in [-0.3, -0.25) is 4.79 Å². The molecule has 0 atom stereocenters. The number of hydrogen-bond donors (Lipinski definition) is 1. The minimum Gasteiger partial charge on any atom is -0.507 e. The number of rotatable bonds is 4. The summed E-state index contributed by atoms with van der Waals surface area (Å²) in [6, 6.07) is 2.88. The normalized spacial score (nSPS) is 10.1.